The predicted molar refractivity (Wildman–Crippen MR) is 68.4 cm³/mol. The number of hydrogen-bond donors (Lipinski definition) is 3. The second-order valence-corrected chi connectivity index (χ2v) is 6.26. The maximum Gasteiger partial charge on any atom is 0.354 e. The fourth-order valence-electron chi connectivity index (χ4n) is 1.43. The first-order chi connectivity index (χ1) is 8.19. The molecule has 0 aliphatic rings. The van der Waals surface area contributed by atoms with Gasteiger partial charge in [0.05, 0.1) is 11.4 Å². The number of carbonyl (C=O) groups is 1. The van der Waals surface area contributed by atoms with Gasteiger partial charge in [0.25, 0.3) is 0 Å². The van der Waals surface area contributed by atoms with Gasteiger partial charge in [-0.05, 0) is 19.1 Å². The molecule has 0 spiro atoms. The van der Waals surface area contributed by atoms with Crippen molar-refractivity contribution in [3.63, 3.8) is 0 Å². The van der Waals surface area contributed by atoms with Crippen molar-refractivity contribution < 1.29 is 18.3 Å². The Labute approximate surface area is 105 Å². The van der Waals surface area contributed by atoms with Gasteiger partial charge in [0.15, 0.2) is 5.69 Å². The highest BCUT2D eigenvalue weighted by Crippen LogP contribution is 2.17. The monoisotopic (exact) mass is 273 g/mol. The summed E-state index contributed by atoms with van der Waals surface area (Å²) < 4.78 is 22.2. The van der Waals surface area contributed by atoms with Gasteiger partial charge in [0, 0.05) is 12.3 Å². The fraction of sp³-hybridized carbons (Fsp3) is 0.400. The van der Waals surface area contributed by atoms with Crippen LogP contribution in [0.2, 0.25) is 0 Å². The molecule has 0 fully saturated rings. The van der Waals surface area contributed by atoms with E-state index in [2.05, 4.69) is 10.3 Å². The lowest BCUT2D eigenvalue weighted by Crippen LogP contribution is -2.26. The molecular formula is C10H15N3O4S. The zero-order valence-electron chi connectivity index (χ0n) is 10.0. The quantitative estimate of drug-likeness (QED) is 0.700. The topological polar surface area (TPSA) is 122 Å². The molecule has 7 nitrogen and oxygen atoms in total. The van der Waals surface area contributed by atoms with Crippen LogP contribution in [0, 0.1) is 0 Å². The predicted octanol–water partition coefficient (Wildman–Crippen LogP) is 0.207. The summed E-state index contributed by atoms with van der Waals surface area (Å²) >= 11 is 0. The van der Waals surface area contributed by atoms with E-state index in [1.165, 1.54) is 12.1 Å². The maximum atomic E-state index is 11.1. The fourth-order valence-corrected chi connectivity index (χ4v) is 2.43. The molecule has 8 heteroatoms. The summed E-state index contributed by atoms with van der Waals surface area (Å²) in [6, 6.07) is 2.27. The minimum absolute atomic E-state index is 0.0918. The summed E-state index contributed by atoms with van der Waals surface area (Å²) in [5, 5.41) is 11.6. The van der Waals surface area contributed by atoms with Crippen molar-refractivity contribution in [3.8, 4) is 0 Å². The minimum atomic E-state index is -3.13. The summed E-state index contributed by atoms with van der Waals surface area (Å²) in [5.41, 5.74) is 5.74. The van der Waals surface area contributed by atoms with E-state index in [0.717, 1.165) is 6.26 Å². The van der Waals surface area contributed by atoms with E-state index in [9.17, 15) is 13.2 Å². The number of nitrogen functional groups attached to an aromatic ring is 1. The number of pyridine rings is 1. The SMILES string of the molecule is CC(CS(C)(=O)=O)Nc1nc(C(=O)O)ccc1N. The number of carboxylic acid groups (broad SMARTS) is 1. The van der Waals surface area contributed by atoms with Gasteiger partial charge in [0.2, 0.25) is 0 Å². The van der Waals surface area contributed by atoms with Gasteiger partial charge < -0.3 is 16.2 Å². The number of aromatic nitrogens is 1. The van der Waals surface area contributed by atoms with Crippen molar-refractivity contribution in [2.45, 2.75) is 13.0 Å². The Balaban J connectivity index is 2.90. The molecule has 0 radical (unpaired) electrons. The van der Waals surface area contributed by atoms with Gasteiger partial charge in [-0.3, -0.25) is 0 Å². The Morgan fingerprint density at radius 2 is 2.17 bits per heavy atom. The second kappa shape index (κ2) is 5.21. The number of rotatable bonds is 5. The standard InChI is InChI=1S/C10H15N3O4S/c1-6(5-18(2,16)17)12-9-7(11)3-4-8(13-9)10(14)15/h3-4,6H,5,11H2,1-2H3,(H,12,13)(H,14,15). The molecule has 1 aromatic rings. The van der Waals surface area contributed by atoms with E-state index in [1.807, 2.05) is 0 Å². The summed E-state index contributed by atoms with van der Waals surface area (Å²) in [6.45, 7) is 1.65. The third kappa shape index (κ3) is 4.21. The Morgan fingerprint density at radius 1 is 1.56 bits per heavy atom. The van der Waals surface area contributed by atoms with Crippen LogP contribution in [-0.2, 0) is 9.84 Å². The molecule has 0 aliphatic carbocycles. The van der Waals surface area contributed by atoms with E-state index in [0.29, 0.717) is 0 Å². The van der Waals surface area contributed by atoms with Crippen molar-refractivity contribution >= 4 is 27.3 Å². The third-order valence-corrected chi connectivity index (χ3v) is 3.19. The molecule has 0 bridgehead atoms. The molecule has 1 atom stereocenters. The number of nitrogens with zero attached hydrogens (tertiary/aromatic N) is 1. The molecule has 100 valence electrons. The Bertz CT molecular complexity index is 556. The molecule has 1 unspecified atom stereocenters. The van der Waals surface area contributed by atoms with Crippen molar-refractivity contribution in [2.24, 2.45) is 0 Å². The van der Waals surface area contributed by atoms with E-state index < -0.39 is 21.8 Å². The summed E-state index contributed by atoms with van der Waals surface area (Å²) in [4.78, 5) is 14.6. The van der Waals surface area contributed by atoms with Crippen LogP contribution < -0.4 is 11.1 Å². The molecule has 4 N–H and O–H groups in total. The summed E-state index contributed by atoms with van der Waals surface area (Å²) in [6.07, 6.45) is 1.12. The number of nitrogens with two attached hydrogens (primary N) is 1. The van der Waals surface area contributed by atoms with Crippen LogP contribution >= 0.6 is 0 Å². The van der Waals surface area contributed by atoms with E-state index in [-0.39, 0.29) is 23.0 Å². The molecular weight excluding hydrogens is 258 g/mol. The first-order valence-corrected chi connectivity index (χ1v) is 7.19. The molecule has 0 aromatic carbocycles. The summed E-state index contributed by atoms with van der Waals surface area (Å²) in [7, 11) is -3.13. The van der Waals surface area contributed by atoms with Gasteiger partial charge in [-0.1, -0.05) is 0 Å². The number of hydrogen-bond acceptors (Lipinski definition) is 6. The van der Waals surface area contributed by atoms with Gasteiger partial charge in [-0.15, -0.1) is 0 Å². The molecule has 0 saturated carbocycles. The molecule has 1 heterocycles. The van der Waals surface area contributed by atoms with Gasteiger partial charge >= 0.3 is 5.97 Å². The molecule has 0 amide bonds. The molecule has 1 aromatic heterocycles. The molecule has 18 heavy (non-hydrogen) atoms. The first-order valence-electron chi connectivity index (χ1n) is 5.13. The van der Waals surface area contributed by atoms with Crippen LogP contribution in [0.1, 0.15) is 17.4 Å². The number of sulfone groups is 1. The average molecular weight is 273 g/mol. The third-order valence-electron chi connectivity index (χ3n) is 2.08. The lowest BCUT2D eigenvalue weighted by atomic mass is 10.3. The van der Waals surface area contributed by atoms with E-state index in [4.69, 9.17) is 10.8 Å². The van der Waals surface area contributed by atoms with Crippen molar-refractivity contribution in [1.82, 2.24) is 4.98 Å². The zero-order chi connectivity index (χ0) is 13.9. The smallest absolute Gasteiger partial charge is 0.354 e. The number of carboxylic acids is 1. The Hall–Kier alpha value is -1.83. The maximum absolute atomic E-state index is 11.1. The van der Waals surface area contributed by atoms with Crippen molar-refractivity contribution in [1.29, 1.82) is 0 Å². The van der Waals surface area contributed by atoms with E-state index in [1.54, 1.807) is 6.92 Å². The van der Waals surface area contributed by atoms with Crippen molar-refractivity contribution in [3.05, 3.63) is 17.8 Å². The number of anilines is 2. The summed E-state index contributed by atoms with van der Waals surface area (Å²) in [5.74, 6) is -1.09. The molecule has 0 aliphatic heterocycles. The van der Waals surface area contributed by atoms with Crippen molar-refractivity contribution in [2.75, 3.05) is 23.1 Å². The Kier molecular flexibility index (Phi) is 4.12. The van der Waals surface area contributed by atoms with E-state index >= 15 is 0 Å². The van der Waals surface area contributed by atoms with Crippen LogP contribution in [0.15, 0.2) is 12.1 Å². The van der Waals surface area contributed by atoms with Gasteiger partial charge in [-0.25, -0.2) is 18.2 Å². The average Bonchev–Trinajstić information content (AvgIpc) is 2.18. The normalized spacial score (nSPS) is 13.0. The van der Waals surface area contributed by atoms with Crippen LogP contribution in [-0.4, -0.2) is 42.5 Å². The minimum Gasteiger partial charge on any atom is -0.477 e. The van der Waals surface area contributed by atoms with Crippen LogP contribution in [0.4, 0.5) is 11.5 Å². The lowest BCUT2D eigenvalue weighted by Gasteiger charge is -2.15. The van der Waals surface area contributed by atoms with Crippen LogP contribution in [0.3, 0.4) is 0 Å². The Morgan fingerprint density at radius 3 is 2.67 bits per heavy atom. The zero-order valence-corrected chi connectivity index (χ0v) is 10.9. The van der Waals surface area contributed by atoms with Gasteiger partial charge in [-0.2, -0.15) is 0 Å². The highest BCUT2D eigenvalue weighted by Gasteiger charge is 2.14. The highest BCUT2D eigenvalue weighted by molar-refractivity contribution is 7.90. The van der Waals surface area contributed by atoms with Crippen LogP contribution in [0.25, 0.3) is 0 Å². The second-order valence-electron chi connectivity index (χ2n) is 4.08. The highest BCUT2D eigenvalue weighted by atomic mass is 32.2. The lowest BCUT2D eigenvalue weighted by molar-refractivity contribution is 0.0690. The number of nitrogens with one attached hydrogen (secondary N) is 1. The molecule has 0 saturated heterocycles. The van der Waals surface area contributed by atoms with Gasteiger partial charge in [0.1, 0.15) is 15.7 Å². The largest absolute Gasteiger partial charge is 0.477 e. The van der Waals surface area contributed by atoms with Crippen LogP contribution in [0.5, 0.6) is 0 Å². The number of aromatic carboxylic acids is 1. The first kappa shape index (κ1) is 14.2. The molecule has 1 rings (SSSR count).